The number of hydrogen-bond donors (Lipinski definition) is 1. The first-order valence-electron chi connectivity index (χ1n) is 8.11. The molecule has 3 aromatic rings. The molecule has 1 heterocycles. The van der Waals surface area contributed by atoms with Crippen molar-refractivity contribution in [1.82, 2.24) is 25.1 Å². The van der Waals surface area contributed by atoms with Crippen LogP contribution in [0.1, 0.15) is 18.8 Å². The summed E-state index contributed by atoms with van der Waals surface area (Å²) in [5, 5.41) is 21.4. The van der Waals surface area contributed by atoms with E-state index in [0.717, 1.165) is 17.3 Å². The van der Waals surface area contributed by atoms with E-state index in [2.05, 4.69) is 27.3 Å². The van der Waals surface area contributed by atoms with Gasteiger partial charge in [-0.15, -0.1) is 5.10 Å². The number of aromatic nitrogens is 4. The molecule has 0 aliphatic rings. The van der Waals surface area contributed by atoms with Crippen LogP contribution in [-0.4, -0.2) is 50.4 Å². The molecule has 1 aromatic heterocycles. The summed E-state index contributed by atoms with van der Waals surface area (Å²) < 4.78 is 7.45. The van der Waals surface area contributed by atoms with Crippen LogP contribution >= 0.6 is 0 Å². The number of para-hydroxylation sites is 1. The lowest BCUT2D eigenvalue weighted by Crippen LogP contribution is -2.29. The minimum atomic E-state index is 0.0265. The van der Waals surface area contributed by atoms with Crippen molar-refractivity contribution in [3.8, 4) is 17.2 Å². The van der Waals surface area contributed by atoms with Gasteiger partial charge < -0.3 is 9.84 Å². The molecule has 0 radical (unpaired) electrons. The monoisotopic (exact) mass is 339 g/mol. The number of ether oxygens (including phenoxy) is 1. The molecule has 0 bridgehead atoms. The molecule has 1 unspecified atom stereocenters. The number of likely N-dealkylation sites (N-methyl/N-ethyl adjacent to an activating group) is 1. The Balaban J connectivity index is 1.60. The summed E-state index contributed by atoms with van der Waals surface area (Å²) in [6.45, 7) is 3.30. The highest BCUT2D eigenvalue weighted by Crippen LogP contribution is 2.19. The van der Waals surface area contributed by atoms with Crippen LogP contribution in [0.3, 0.4) is 0 Å². The molecule has 7 nitrogen and oxygen atoms in total. The van der Waals surface area contributed by atoms with E-state index in [-0.39, 0.29) is 11.8 Å². The van der Waals surface area contributed by atoms with Gasteiger partial charge in [-0.2, -0.15) is 4.68 Å². The zero-order valence-electron chi connectivity index (χ0n) is 14.3. The summed E-state index contributed by atoms with van der Waals surface area (Å²) in [6.07, 6.45) is 0. The summed E-state index contributed by atoms with van der Waals surface area (Å²) in [6, 6.07) is 16.6. The second kappa shape index (κ2) is 7.76. The molecule has 130 valence electrons. The first-order valence-corrected chi connectivity index (χ1v) is 8.11. The van der Waals surface area contributed by atoms with E-state index >= 15 is 0 Å². The van der Waals surface area contributed by atoms with Gasteiger partial charge in [-0.25, -0.2) is 0 Å². The Morgan fingerprint density at radius 1 is 1.12 bits per heavy atom. The third-order valence-electron chi connectivity index (χ3n) is 4.08. The molecule has 1 N–H and O–H groups in total. The van der Waals surface area contributed by atoms with Crippen molar-refractivity contribution in [2.75, 3.05) is 20.2 Å². The fourth-order valence-corrected chi connectivity index (χ4v) is 2.45. The number of phenols is 1. The maximum Gasteiger partial charge on any atom is 0.173 e. The van der Waals surface area contributed by atoms with E-state index in [1.807, 2.05) is 37.4 Å². The molecular formula is C18H21N5O2. The third-order valence-corrected chi connectivity index (χ3v) is 4.08. The smallest absolute Gasteiger partial charge is 0.173 e. The van der Waals surface area contributed by atoms with E-state index in [1.54, 1.807) is 28.9 Å². The number of hydrogen-bond acceptors (Lipinski definition) is 6. The Morgan fingerprint density at radius 3 is 2.56 bits per heavy atom. The van der Waals surface area contributed by atoms with Crippen LogP contribution in [0.2, 0.25) is 0 Å². The molecule has 0 aliphatic carbocycles. The highest BCUT2D eigenvalue weighted by Gasteiger charge is 2.19. The molecule has 3 rings (SSSR count). The highest BCUT2D eigenvalue weighted by molar-refractivity contribution is 5.31. The van der Waals surface area contributed by atoms with E-state index in [0.29, 0.717) is 13.2 Å². The summed E-state index contributed by atoms with van der Waals surface area (Å²) in [7, 11) is 2.01. The molecule has 0 fully saturated rings. The second-order valence-corrected chi connectivity index (χ2v) is 5.78. The number of rotatable bonds is 7. The Labute approximate surface area is 146 Å². The van der Waals surface area contributed by atoms with Gasteiger partial charge in [-0.05, 0) is 60.8 Å². The predicted octanol–water partition coefficient (Wildman–Crippen LogP) is 2.44. The van der Waals surface area contributed by atoms with E-state index in [4.69, 9.17) is 4.74 Å². The normalized spacial score (nSPS) is 12.3. The summed E-state index contributed by atoms with van der Waals surface area (Å²) in [5.41, 5.74) is 0.933. The highest BCUT2D eigenvalue weighted by atomic mass is 16.5. The molecule has 0 saturated carbocycles. The number of tetrazole rings is 1. The minimum Gasteiger partial charge on any atom is -0.508 e. The predicted molar refractivity (Wildman–Crippen MR) is 93.8 cm³/mol. The van der Waals surface area contributed by atoms with Gasteiger partial charge in [0.05, 0.1) is 11.7 Å². The Bertz CT molecular complexity index is 789. The van der Waals surface area contributed by atoms with Gasteiger partial charge in [0.15, 0.2) is 5.82 Å². The molecule has 2 aromatic carbocycles. The van der Waals surface area contributed by atoms with Crippen molar-refractivity contribution < 1.29 is 9.84 Å². The van der Waals surface area contributed by atoms with Gasteiger partial charge in [0.2, 0.25) is 0 Å². The average Bonchev–Trinajstić information content (AvgIpc) is 3.13. The number of nitrogens with zero attached hydrogens (tertiary/aromatic N) is 5. The minimum absolute atomic E-state index is 0.0265. The Kier molecular flexibility index (Phi) is 5.25. The molecular weight excluding hydrogens is 318 g/mol. The van der Waals surface area contributed by atoms with Crippen LogP contribution in [0.25, 0.3) is 5.69 Å². The molecule has 0 saturated heterocycles. The molecule has 1 atom stereocenters. The molecule has 0 amide bonds. The maximum absolute atomic E-state index is 9.28. The van der Waals surface area contributed by atoms with Gasteiger partial charge in [-0.1, -0.05) is 18.2 Å². The van der Waals surface area contributed by atoms with Crippen LogP contribution in [0, 0.1) is 0 Å². The summed E-state index contributed by atoms with van der Waals surface area (Å²) in [5.74, 6) is 1.73. The first-order chi connectivity index (χ1) is 12.1. The fourth-order valence-electron chi connectivity index (χ4n) is 2.45. The van der Waals surface area contributed by atoms with Crippen molar-refractivity contribution >= 4 is 0 Å². The van der Waals surface area contributed by atoms with Crippen molar-refractivity contribution in [3.05, 3.63) is 60.4 Å². The standard InChI is InChI=1S/C18H21N5O2/c1-14(18-19-20-21-23(18)15-6-4-3-5-7-15)22(2)12-13-25-17-10-8-16(24)9-11-17/h3-11,14,24H,12-13H2,1-2H3. The molecule has 0 aliphatic heterocycles. The lowest BCUT2D eigenvalue weighted by molar-refractivity contribution is 0.194. The van der Waals surface area contributed by atoms with Gasteiger partial charge in [0, 0.05) is 6.54 Å². The Morgan fingerprint density at radius 2 is 1.84 bits per heavy atom. The largest absolute Gasteiger partial charge is 0.508 e. The third kappa shape index (κ3) is 4.13. The van der Waals surface area contributed by atoms with Crippen molar-refractivity contribution in [1.29, 1.82) is 0 Å². The van der Waals surface area contributed by atoms with Crippen molar-refractivity contribution in [3.63, 3.8) is 0 Å². The number of aromatic hydroxyl groups is 1. The Hall–Kier alpha value is -2.93. The van der Waals surface area contributed by atoms with Gasteiger partial charge in [-0.3, -0.25) is 4.90 Å². The first kappa shape index (κ1) is 16.9. The van der Waals surface area contributed by atoms with E-state index < -0.39 is 0 Å². The lowest BCUT2D eigenvalue weighted by atomic mass is 10.2. The second-order valence-electron chi connectivity index (χ2n) is 5.78. The van der Waals surface area contributed by atoms with E-state index in [9.17, 15) is 5.11 Å². The van der Waals surface area contributed by atoms with Gasteiger partial charge in [0.1, 0.15) is 18.1 Å². The topological polar surface area (TPSA) is 76.3 Å². The van der Waals surface area contributed by atoms with Gasteiger partial charge in [0.25, 0.3) is 0 Å². The summed E-state index contributed by atoms with van der Waals surface area (Å²) in [4.78, 5) is 2.13. The maximum atomic E-state index is 9.28. The summed E-state index contributed by atoms with van der Waals surface area (Å²) >= 11 is 0. The van der Waals surface area contributed by atoms with Crippen LogP contribution in [0.4, 0.5) is 0 Å². The van der Waals surface area contributed by atoms with E-state index in [1.165, 1.54) is 0 Å². The average molecular weight is 339 g/mol. The SMILES string of the molecule is CC(c1nnnn1-c1ccccc1)N(C)CCOc1ccc(O)cc1. The molecule has 25 heavy (non-hydrogen) atoms. The van der Waals surface area contributed by atoms with Crippen LogP contribution in [-0.2, 0) is 0 Å². The zero-order valence-corrected chi connectivity index (χ0v) is 14.3. The lowest BCUT2D eigenvalue weighted by Gasteiger charge is -2.23. The number of benzene rings is 2. The molecule has 7 heteroatoms. The fraction of sp³-hybridized carbons (Fsp3) is 0.278. The van der Waals surface area contributed by atoms with Gasteiger partial charge >= 0.3 is 0 Å². The molecule has 0 spiro atoms. The zero-order chi connectivity index (χ0) is 17.6. The van der Waals surface area contributed by atoms with Crippen LogP contribution in [0.15, 0.2) is 54.6 Å². The van der Waals surface area contributed by atoms with Crippen molar-refractivity contribution in [2.45, 2.75) is 13.0 Å². The number of phenolic OH excluding ortho intramolecular Hbond substituents is 1. The quantitative estimate of drug-likeness (QED) is 0.712. The van der Waals surface area contributed by atoms with Crippen LogP contribution < -0.4 is 4.74 Å². The van der Waals surface area contributed by atoms with Crippen LogP contribution in [0.5, 0.6) is 11.5 Å². The van der Waals surface area contributed by atoms with Crippen molar-refractivity contribution in [2.24, 2.45) is 0 Å².